The minimum atomic E-state index is -0.420. The highest BCUT2D eigenvalue weighted by atomic mass is 16.2. The van der Waals surface area contributed by atoms with Crippen LogP contribution in [0.2, 0.25) is 0 Å². The number of hydrogen-bond acceptors (Lipinski definition) is 3. The van der Waals surface area contributed by atoms with E-state index in [-0.39, 0.29) is 30.1 Å². The molecule has 0 radical (unpaired) electrons. The molecule has 2 aromatic rings. The highest BCUT2D eigenvalue weighted by Crippen LogP contribution is 2.28. The summed E-state index contributed by atoms with van der Waals surface area (Å²) >= 11 is 0. The first-order chi connectivity index (χ1) is 14.2. The number of carbonyl (C=O) groups excluding carboxylic acids is 3. The van der Waals surface area contributed by atoms with Crippen LogP contribution in [0.15, 0.2) is 48.5 Å². The molecule has 3 amide bonds. The fourth-order valence-corrected chi connectivity index (χ4v) is 3.37. The van der Waals surface area contributed by atoms with Crippen LogP contribution < -0.4 is 15.5 Å². The maximum Gasteiger partial charge on any atom is 0.229 e. The molecule has 30 heavy (non-hydrogen) atoms. The molecule has 0 aromatic heterocycles. The summed E-state index contributed by atoms with van der Waals surface area (Å²) in [6.45, 7) is 8.20. The van der Waals surface area contributed by atoms with Crippen LogP contribution in [0.4, 0.5) is 17.1 Å². The van der Waals surface area contributed by atoms with Gasteiger partial charge in [-0.05, 0) is 41.8 Å². The molecule has 1 fully saturated rings. The fraction of sp³-hybridized carbons (Fsp3) is 0.375. The van der Waals surface area contributed by atoms with E-state index in [9.17, 15) is 14.4 Å². The van der Waals surface area contributed by atoms with E-state index in [1.54, 1.807) is 23.1 Å². The monoisotopic (exact) mass is 407 g/mol. The van der Waals surface area contributed by atoms with Crippen molar-refractivity contribution in [1.29, 1.82) is 0 Å². The van der Waals surface area contributed by atoms with Crippen LogP contribution in [0.3, 0.4) is 0 Å². The predicted molar refractivity (Wildman–Crippen MR) is 120 cm³/mol. The van der Waals surface area contributed by atoms with Crippen molar-refractivity contribution in [2.45, 2.75) is 40.0 Å². The van der Waals surface area contributed by atoms with Crippen molar-refractivity contribution in [2.75, 3.05) is 22.1 Å². The number of benzene rings is 2. The lowest BCUT2D eigenvalue weighted by Crippen LogP contribution is -2.28. The maximum absolute atomic E-state index is 12.7. The van der Waals surface area contributed by atoms with Crippen LogP contribution >= 0.6 is 0 Å². The van der Waals surface area contributed by atoms with Crippen LogP contribution in [0, 0.1) is 11.8 Å². The van der Waals surface area contributed by atoms with E-state index in [1.165, 1.54) is 5.56 Å². The molecule has 1 atom stereocenters. The molecular weight excluding hydrogens is 378 g/mol. The van der Waals surface area contributed by atoms with Gasteiger partial charge in [-0.25, -0.2) is 0 Å². The van der Waals surface area contributed by atoms with Crippen LogP contribution in [0.25, 0.3) is 0 Å². The Labute approximate surface area is 177 Å². The average Bonchev–Trinajstić information content (AvgIpc) is 3.10. The molecule has 2 N–H and O–H groups in total. The van der Waals surface area contributed by atoms with E-state index < -0.39 is 5.92 Å². The molecular formula is C24H29N3O3. The number of nitrogens with one attached hydrogen (secondary N) is 2. The molecule has 0 aliphatic carbocycles. The van der Waals surface area contributed by atoms with Gasteiger partial charge < -0.3 is 15.5 Å². The van der Waals surface area contributed by atoms with Gasteiger partial charge in [-0.2, -0.15) is 0 Å². The van der Waals surface area contributed by atoms with Gasteiger partial charge in [0.1, 0.15) is 0 Å². The quantitative estimate of drug-likeness (QED) is 0.745. The van der Waals surface area contributed by atoms with Gasteiger partial charge in [0.05, 0.1) is 5.92 Å². The molecule has 1 aliphatic heterocycles. The molecule has 0 spiro atoms. The Hall–Kier alpha value is -3.15. The van der Waals surface area contributed by atoms with E-state index in [1.807, 2.05) is 44.2 Å². The number of hydrogen-bond donors (Lipinski definition) is 2. The molecule has 6 heteroatoms. The minimum absolute atomic E-state index is 0.0827. The number of carbonyl (C=O) groups is 3. The van der Waals surface area contributed by atoms with Crippen molar-refractivity contribution in [3.05, 3.63) is 54.1 Å². The van der Waals surface area contributed by atoms with Gasteiger partial charge >= 0.3 is 0 Å². The lowest BCUT2D eigenvalue weighted by molar-refractivity contribution is -0.122. The molecule has 0 bridgehead atoms. The number of anilines is 3. The topological polar surface area (TPSA) is 78.5 Å². The van der Waals surface area contributed by atoms with Gasteiger partial charge in [0.15, 0.2) is 0 Å². The Kier molecular flexibility index (Phi) is 6.55. The van der Waals surface area contributed by atoms with Gasteiger partial charge in [0.25, 0.3) is 0 Å². The van der Waals surface area contributed by atoms with E-state index in [0.717, 1.165) is 5.69 Å². The zero-order valence-electron chi connectivity index (χ0n) is 17.9. The zero-order chi connectivity index (χ0) is 21.8. The average molecular weight is 408 g/mol. The Morgan fingerprint density at radius 1 is 0.967 bits per heavy atom. The molecule has 1 heterocycles. The van der Waals surface area contributed by atoms with Crippen LogP contribution in [-0.4, -0.2) is 24.3 Å². The maximum atomic E-state index is 12.7. The number of nitrogens with zero attached hydrogens (tertiary/aromatic N) is 1. The lowest BCUT2D eigenvalue weighted by Gasteiger charge is -2.18. The van der Waals surface area contributed by atoms with Gasteiger partial charge in [-0.15, -0.1) is 0 Å². The number of amides is 3. The van der Waals surface area contributed by atoms with Crippen molar-refractivity contribution in [1.82, 2.24) is 0 Å². The molecule has 6 nitrogen and oxygen atoms in total. The van der Waals surface area contributed by atoms with Crippen LogP contribution in [-0.2, 0) is 14.4 Å². The SMILES string of the molecule is CC(C)C(=O)Nc1cccc(N2CC(C(=O)Nc3ccc(C(C)C)cc3)CC2=O)c1. The van der Waals surface area contributed by atoms with Gasteiger partial charge in [0, 0.05) is 35.9 Å². The Morgan fingerprint density at radius 3 is 2.30 bits per heavy atom. The van der Waals surface area contributed by atoms with Crippen molar-refractivity contribution < 1.29 is 14.4 Å². The highest BCUT2D eigenvalue weighted by Gasteiger charge is 2.35. The third kappa shape index (κ3) is 5.06. The van der Waals surface area contributed by atoms with Gasteiger partial charge in [0.2, 0.25) is 17.7 Å². The fourth-order valence-electron chi connectivity index (χ4n) is 3.37. The summed E-state index contributed by atoms with van der Waals surface area (Å²) < 4.78 is 0. The summed E-state index contributed by atoms with van der Waals surface area (Å²) in [6.07, 6.45) is 0.165. The van der Waals surface area contributed by atoms with Crippen molar-refractivity contribution >= 4 is 34.8 Å². The highest BCUT2D eigenvalue weighted by molar-refractivity contribution is 6.04. The van der Waals surface area contributed by atoms with E-state index >= 15 is 0 Å². The molecule has 1 unspecified atom stereocenters. The summed E-state index contributed by atoms with van der Waals surface area (Å²) in [4.78, 5) is 38.8. The largest absolute Gasteiger partial charge is 0.326 e. The lowest BCUT2D eigenvalue weighted by atomic mass is 10.0. The number of rotatable bonds is 6. The predicted octanol–water partition coefficient (Wildman–Crippen LogP) is 4.40. The molecule has 158 valence electrons. The Morgan fingerprint density at radius 2 is 1.67 bits per heavy atom. The van der Waals surface area contributed by atoms with Crippen molar-refractivity contribution in [3.8, 4) is 0 Å². The normalized spacial score (nSPS) is 16.3. The summed E-state index contributed by atoms with van der Waals surface area (Å²) in [5, 5.41) is 5.76. The summed E-state index contributed by atoms with van der Waals surface area (Å²) in [5.41, 5.74) is 3.25. The van der Waals surface area contributed by atoms with Crippen molar-refractivity contribution in [3.63, 3.8) is 0 Å². The third-order valence-electron chi connectivity index (χ3n) is 5.29. The van der Waals surface area contributed by atoms with Crippen molar-refractivity contribution in [2.24, 2.45) is 11.8 Å². The van der Waals surface area contributed by atoms with Gasteiger partial charge in [-0.3, -0.25) is 14.4 Å². The van der Waals surface area contributed by atoms with E-state index in [0.29, 0.717) is 23.8 Å². The van der Waals surface area contributed by atoms with Crippen LogP contribution in [0.5, 0.6) is 0 Å². The minimum Gasteiger partial charge on any atom is -0.326 e. The molecule has 0 saturated carbocycles. The third-order valence-corrected chi connectivity index (χ3v) is 5.29. The zero-order valence-corrected chi connectivity index (χ0v) is 17.9. The summed E-state index contributed by atoms with van der Waals surface area (Å²) in [6, 6.07) is 15.0. The van der Waals surface area contributed by atoms with Gasteiger partial charge in [-0.1, -0.05) is 45.9 Å². The summed E-state index contributed by atoms with van der Waals surface area (Å²) in [5.74, 6) is -0.469. The first-order valence-corrected chi connectivity index (χ1v) is 10.4. The second-order valence-electron chi connectivity index (χ2n) is 8.37. The smallest absolute Gasteiger partial charge is 0.229 e. The Bertz CT molecular complexity index is 935. The van der Waals surface area contributed by atoms with E-state index in [4.69, 9.17) is 0 Å². The first-order valence-electron chi connectivity index (χ1n) is 10.4. The molecule has 1 aliphatic rings. The summed E-state index contributed by atoms with van der Waals surface area (Å²) in [7, 11) is 0. The van der Waals surface area contributed by atoms with E-state index in [2.05, 4.69) is 24.5 Å². The second-order valence-corrected chi connectivity index (χ2v) is 8.37. The molecule has 1 saturated heterocycles. The standard InChI is InChI=1S/C24H29N3O3/c1-15(2)17-8-10-19(11-9-17)25-24(30)18-12-22(28)27(14-18)21-7-5-6-20(13-21)26-23(29)16(3)4/h5-11,13,15-16,18H,12,14H2,1-4H3,(H,25,30)(H,26,29). The second kappa shape index (κ2) is 9.11. The Balaban J connectivity index is 1.66. The first kappa shape index (κ1) is 21.6. The van der Waals surface area contributed by atoms with Crippen LogP contribution in [0.1, 0.15) is 45.6 Å². The molecule has 3 rings (SSSR count). The molecule has 2 aromatic carbocycles.